The van der Waals surface area contributed by atoms with Crippen LogP contribution < -0.4 is 11.4 Å². The summed E-state index contributed by atoms with van der Waals surface area (Å²) >= 11 is 0. The maximum Gasteiger partial charge on any atom is 0.416 e. The van der Waals surface area contributed by atoms with Crippen LogP contribution in [-0.2, 0) is 10.9 Å². The molecule has 0 saturated carbocycles. The van der Waals surface area contributed by atoms with Crippen LogP contribution in [0, 0.1) is 0 Å². The van der Waals surface area contributed by atoms with Crippen LogP contribution in [0.3, 0.4) is 0 Å². The third-order valence-corrected chi connectivity index (χ3v) is 1.79. The number of hydrogen-bond acceptors (Lipinski definition) is 4. The second-order valence-corrected chi connectivity index (χ2v) is 2.83. The Morgan fingerprint density at radius 3 is 2.44 bits per heavy atom. The molecule has 0 radical (unpaired) electrons. The fraction of sp³-hybridized carbons (Fsp3) is 0.250. The Bertz CT molecular complexity index is 478. The molecule has 0 aliphatic heterocycles. The van der Waals surface area contributed by atoms with Crippen LogP contribution >= 0.6 is 0 Å². The number of rotatable bonds is 1. The molecule has 0 saturated heterocycles. The number of carbonyl (C=O) groups is 1. The van der Waals surface area contributed by atoms with Gasteiger partial charge in [0.2, 0.25) is 0 Å². The molecular weight excluding hydrogens is 229 g/mol. The number of hydrogen-bond donors (Lipinski definition) is 1. The lowest BCUT2D eigenvalue weighted by Crippen LogP contribution is -2.33. The molecule has 1 heterocycles. The highest BCUT2D eigenvalue weighted by Gasteiger charge is 2.32. The molecule has 0 spiro atoms. The summed E-state index contributed by atoms with van der Waals surface area (Å²) in [6, 6.07) is 0.750. The first-order chi connectivity index (χ1) is 7.27. The van der Waals surface area contributed by atoms with Gasteiger partial charge in [0.05, 0.1) is 12.7 Å². The summed E-state index contributed by atoms with van der Waals surface area (Å²) in [7, 11) is 0.965. The number of aromatic nitrogens is 1. The molecule has 0 aliphatic carbocycles. The molecule has 0 bridgehead atoms. The van der Waals surface area contributed by atoms with Crippen molar-refractivity contribution in [1.82, 2.24) is 4.68 Å². The normalized spacial score (nSPS) is 11.2. The molecule has 0 aromatic carbocycles. The van der Waals surface area contributed by atoms with Crippen molar-refractivity contribution in [3.63, 3.8) is 0 Å². The van der Waals surface area contributed by atoms with E-state index in [-0.39, 0.29) is 0 Å². The number of methoxy groups -OCH3 is 1. The monoisotopic (exact) mass is 236 g/mol. The van der Waals surface area contributed by atoms with Gasteiger partial charge in [-0.05, 0) is 6.07 Å². The zero-order chi connectivity index (χ0) is 12.5. The lowest BCUT2D eigenvalue weighted by atomic mass is 10.2. The van der Waals surface area contributed by atoms with Gasteiger partial charge in [-0.25, -0.2) is 9.47 Å². The molecule has 1 rings (SSSR count). The SMILES string of the molecule is COC(=O)c1cc(C(F)(F)F)cc(=O)n1N. The summed E-state index contributed by atoms with van der Waals surface area (Å²) in [6.45, 7) is 0. The van der Waals surface area contributed by atoms with Crippen molar-refractivity contribution in [2.24, 2.45) is 0 Å². The van der Waals surface area contributed by atoms with Crippen molar-refractivity contribution in [2.45, 2.75) is 6.18 Å². The van der Waals surface area contributed by atoms with Crippen molar-refractivity contribution in [1.29, 1.82) is 0 Å². The lowest BCUT2D eigenvalue weighted by Gasteiger charge is -2.10. The van der Waals surface area contributed by atoms with Crippen LogP contribution in [0.2, 0.25) is 0 Å². The third-order valence-electron chi connectivity index (χ3n) is 1.79. The van der Waals surface area contributed by atoms with Crippen LogP contribution in [0.25, 0.3) is 0 Å². The topological polar surface area (TPSA) is 74.3 Å². The molecule has 8 heteroatoms. The second-order valence-electron chi connectivity index (χ2n) is 2.83. The van der Waals surface area contributed by atoms with Crippen LogP contribution in [-0.4, -0.2) is 17.8 Å². The molecule has 2 N–H and O–H groups in total. The average Bonchev–Trinajstić information content (AvgIpc) is 2.19. The van der Waals surface area contributed by atoms with E-state index in [4.69, 9.17) is 5.84 Å². The first kappa shape index (κ1) is 12.1. The van der Waals surface area contributed by atoms with E-state index in [9.17, 15) is 22.8 Å². The standard InChI is InChI=1S/C8H7F3N2O3/c1-16-7(15)5-2-4(8(9,10)11)3-6(14)13(5)12/h2-3H,12H2,1H3. The van der Waals surface area contributed by atoms with E-state index < -0.39 is 29.0 Å². The number of carbonyl (C=O) groups excluding carboxylic acids is 1. The molecule has 0 unspecified atom stereocenters. The minimum absolute atomic E-state index is 0.293. The fourth-order valence-corrected chi connectivity index (χ4v) is 1.01. The van der Waals surface area contributed by atoms with Crippen molar-refractivity contribution >= 4 is 5.97 Å². The van der Waals surface area contributed by atoms with Gasteiger partial charge in [0.15, 0.2) is 5.69 Å². The number of halogens is 3. The first-order valence-electron chi connectivity index (χ1n) is 3.95. The summed E-state index contributed by atoms with van der Waals surface area (Å²) in [5, 5.41) is 0. The van der Waals surface area contributed by atoms with Crippen molar-refractivity contribution < 1.29 is 22.7 Å². The van der Waals surface area contributed by atoms with Crippen LogP contribution in [0.5, 0.6) is 0 Å². The minimum atomic E-state index is -4.73. The van der Waals surface area contributed by atoms with E-state index in [1.807, 2.05) is 0 Å². The number of pyridine rings is 1. The molecule has 5 nitrogen and oxygen atoms in total. The molecule has 88 valence electrons. The Morgan fingerprint density at radius 2 is 2.00 bits per heavy atom. The number of alkyl halides is 3. The highest BCUT2D eigenvalue weighted by atomic mass is 19.4. The lowest BCUT2D eigenvalue weighted by molar-refractivity contribution is -0.137. The van der Waals surface area contributed by atoms with Crippen molar-refractivity contribution in [3.05, 3.63) is 33.7 Å². The predicted molar refractivity (Wildman–Crippen MR) is 47.2 cm³/mol. The van der Waals surface area contributed by atoms with E-state index in [1.54, 1.807) is 0 Å². The Balaban J connectivity index is 3.46. The van der Waals surface area contributed by atoms with Gasteiger partial charge in [-0.2, -0.15) is 13.2 Å². The Hall–Kier alpha value is -1.99. The zero-order valence-electron chi connectivity index (χ0n) is 8.04. The van der Waals surface area contributed by atoms with Gasteiger partial charge in [0.25, 0.3) is 5.56 Å². The van der Waals surface area contributed by atoms with Gasteiger partial charge in [0.1, 0.15) is 0 Å². The maximum atomic E-state index is 12.3. The molecule has 1 aromatic heterocycles. The maximum absolute atomic E-state index is 12.3. The van der Waals surface area contributed by atoms with Crippen LogP contribution in [0.1, 0.15) is 16.1 Å². The molecule has 0 aliphatic rings. The van der Waals surface area contributed by atoms with Gasteiger partial charge < -0.3 is 10.6 Å². The van der Waals surface area contributed by atoms with E-state index in [0.29, 0.717) is 16.8 Å². The molecule has 0 amide bonds. The second kappa shape index (κ2) is 3.87. The number of nitrogens with two attached hydrogens (primary N) is 1. The highest BCUT2D eigenvalue weighted by Crippen LogP contribution is 2.28. The summed E-state index contributed by atoms with van der Waals surface area (Å²) in [5.41, 5.74) is -3.06. The van der Waals surface area contributed by atoms with Crippen molar-refractivity contribution in [2.75, 3.05) is 13.0 Å². The zero-order valence-corrected chi connectivity index (χ0v) is 8.04. The summed E-state index contributed by atoms with van der Waals surface area (Å²) in [6.07, 6.45) is -4.73. The number of ether oxygens (including phenoxy) is 1. The van der Waals surface area contributed by atoms with Crippen LogP contribution in [0.15, 0.2) is 16.9 Å². The number of nitrogen functional groups attached to an aromatic ring is 1. The molecular formula is C8H7F3N2O3. The fourth-order valence-electron chi connectivity index (χ4n) is 1.01. The van der Waals surface area contributed by atoms with Gasteiger partial charge in [-0.3, -0.25) is 4.79 Å². The summed E-state index contributed by atoms with van der Waals surface area (Å²) in [5.74, 6) is 3.99. The molecule has 1 aromatic rings. The average molecular weight is 236 g/mol. The van der Waals surface area contributed by atoms with Gasteiger partial charge in [-0.1, -0.05) is 0 Å². The Morgan fingerprint density at radius 1 is 1.44 bits per heavy atom. The van der Waals surface area contributed by atoms with E-state index >= 15 is 0 Å². The van der Waals surface area contributed by atoms with Gasteiger partial charge in [-0.15, -0.1) is 0 Å². The highest BCUT2D eigenvalue weighted by molar-refractivity contribution is 5.87. The first-order valence-corrected chi connectivity index (χ1v) is 3.95. The van der Waals surface area contributed by atoms with Crippen LogP contribution in [0.4, 0.5) is 13.2 Å². The largest absolute Gasteiger partial charge is 0.464 e. The number of esters is 1. The summed E-state index contributed by atoms with van der Waals surface area (Å²) in [4.78, 5) is 22.1. The van der Waals surface area contributed by atoms with E-state index in [1.165, 1.54) is 0 Å². The van der Waals surface area contributed by atoms with E-state index in [2.05, 4.69) is 4.74 Å². The quantitative estimate of drug-likeness (QED) is 0.564. The van der Waals surface area contributed by atoms with Gasteiger partial charge >= 0.3 is 12.1 Å². The predicted octanol–water partition coefficient (Wildman–Crippen LogP) is 0.368. The third kappa shape index (κ3) is 2.15. The smallest absolute Gasteiger partial charge is 0.416 e. The molecule has 0 fully saturated rings. The Labute approximate surface area is 87.2 Å². The minimum Gasteiger partial charge on any atom is -0.464 e. The Kier molecular flexibility index (Phi) is 2.92. The summed E-state index contributed by atoms with van der Waals surface area (Å²) < 4.78 is 41.4. The van der Waals surface area contributed by atoms with Crippen molar-refractivity contribution in [3.8, 4) is 0 Å². The molecule has 16 heavy (non-hydrogen) atoms. The van der Waals surface area contributed by atoms with E-state index in [0.717, 1.165) is 7.11 Å². The number of nitrogens with zero attached hydrogens (tertiary/aromatic N) is 1. The van der Waals surface area contributed by atoms with Gasteiger partial charge in [0, 0.05) is 6.07 Å². The molecule has 0 atom stereocenters.